The first kappa shape index (κ1) is 27.6. The van der Waals surface area contributed by atoms with Crippen LogP contribution in [-0.2, 0) is 13.2 Å². The Kier molecular flexibility index (Phi) is 7.21. The summed E-state index contributed by atoms with van der Waals surface area (Å²) in [5, 5.41) is 10.5. The average Bonchev–Trinajstić information content (AvgIpc) is 3.62. The molecule has 7 rings (SSSR count). The second kappa shape index (κ2) is 11.8. The Morgan fingerprint density at radius 1 is 0.822 bits per heavy atom. The summed E-state index contributed by atoms with van der Waals surface area (Å²) in [5.74, 6) is 0.898. The van der Waals surface area contributed by atoms with Crippen molar-refractivity contribution >= 4 is 17.7 Å². The van der Waals surface area contributed by atoms with Crippen LogP contribution < -0.4 is 31.7 Å². The van der Waals surface area contributed by atoms with E-state index in [-0.39, 0.29) is 28.4 Å². The van der Waals surface area contributed by atoms with Crippen LogP contribution in [0, 0.1) is 11.3 Å². The maximum Gasteiger partial charge on any atom is 0.362 e. The van der Waals surface area contributed by atoms with E-state index in [2.05, 4.69) is 11.1 Å². The van der Waals surface area contributed by atoms with Crippen LogP contribution in [0.15, 0.2) is 123 Å². The van der Waals surface area contributed by atoms with Crippen molar-refractivity contribution in [2.45, 2.75) is 19.1 Å². The molecule has 0 radical (unpaired) electrons. The molecular weight excluding hydrogens is 568 g/mol. The molecule has 0 saturated carbocycles. The number of nitrogen functional groups attached to an aromatic ring is 1. The summed E-state index contributed by atoms with van der Waals surface area (Å²) >= 11 is 0. The first-order valence-corrected chi connectivity index (χ1v) is 14.3. The summed E-state index contributed by atoms with van der Waals surface area (Å²) < 4.78 is 24.8. The summed E-state index contributed by atoms with van der Waals surface area (Å²) in [5.41, 5.74) is 9.62. The number of nitrogens with zero attached hydrogens (tertiary/aromatic N) is 3. The highest BCUT2D eigenvalue weighted by molar-refractivity contribution is 5.73. The van der Waals surface area contributed by atoms with Crippen LogP contribution in [0.4, 0.5) is 6.01 Å². The van der Waals surface area contributed by atoms with Crippen LogP contribution in [0.5, 0.6) is 11.5 Å². The number of nitrogens with two attached hydrogens (primary N) is 1. The topological polar surface area (TPSA) is 129 Å². The van der Waals surface area contributed by atoms with E-state index in [9.17, 15) is 10.1 Å². The fraction of sp³-hybridized carbons (Fsp3) is 0.0833. The molecule has 0 aliphatic carbocycles. The number of hydrogen-bond donors (Lipinski definition) is 1. The van der Waals surface area contributed by atoms with Crippen molar-refractivity contribution in [2.75, 3.05) is 5.73 Å². The molecule has 2 N–H and O–H groups in total. The summed E-state index contributed by atoms with van der Waals surface area (Å²) in [6.45, 7) is 0.858. The molecule has 0 bridgehead atoms. The highest BCUT2D eigenvalue weighted by Crippen LogP contribution is 2.38. The Hall–Kier alpha value is -6.27. The summed E-state index contributed by atoms with van der Waals surface area (Å²) in [4.78, 5) is 17.6. The molecule has 1 atom stereocenters. The van der Waals surface area contributed by atoms with Gasteiger partial charge in [-0.05, 0) is 52.6 Å². The highest BCUT2D eigenvalue weighted by atomic mass is 16.5. The maximum absolute atomic E-state index is 13.2. The number of hydrogen-bond acceptors (Lipinski definition) is 8. The third-order valence-corrected chi connectivity index (χ3v) is 7.50. The minimum absolute atomic E-state index is 0.0645. The molecule has 6 aromatic rings. The Bertz CT molecular complexity index is 2190. The van der Waals surface area contributed by atoms with Crippen molar-refractivity contribution in [1.29, 1.82) is 5.26 Å². The molecule has 45 heavy (non-hydrogen) atoms. The summed E-state index contributed by atoms with van der Waals surface area (Å²) in [6, 6.07) is 36.5. The van der Waals surface area contributed by atoms with Gasteiger partial charge in [-0.3, -0.25) is 0 Å². The average molecular weight is 595 g/mol. The fourth-order valence-corrected chi connectivity index (χ4v) is 5.33. The molecule has 0 saturated heterocycles. The molecule has 0 spiro atoms. The first-order valence-electron chi connectivity index (χ1n) is 14.3. The summed E-state index contributed by atoms with van der Waals surface area (Å²) in [6.07, 6.45) is 1.66. The van der Waals surface area contributed by atoms with Crippen molar-refractivity contribution in [3.63, 3.8) is 0 Å². The number of anilines is 1. The lowest BCUT2D eigenvalue weighted by molar-refractivity contribution is 0.306. The van der Waals surface area contributed by atoms with E-state index < -0.39 is 11.5 Å². The van der Waals surface area contributed by atoms with Crippen LogP contribution in [-0.4, -0.2) is 9.55 Å². The molecule has 1 aliphatic heterocycles. The zero-order chi connectivity index (χ0) is 30.8. The smallest absolute Gasteiger partial charge is 0.362 e. The van der Waals surface area contributed by atoms with Gasteiger partial charge in [0, 0.05) is 0 Å². The molecule has 1 unspecified atom stereocenters. The number of rotatable bonds is 8. The SMILES string of the molecule is N#CC1=c2oc(=O)/c(=C\c3ccc(OCc4ccccc4)cc3)n2-c2oc(N)nc2C1c1ccc(OCc2ccccc2)cc1. The molecule has 1 aliphatic rings. The van der Waals surface area contributed by atoms with Gasteiger partial charge in [0.2, 0.25) is 11.4 Å². The molecule has 4 aromatic carbocycles. The number of ether oxygens (including phenoxy) is 2. The lowest BCUT2D eigenvalue weighted by Crippen LogP contribution is -2.35. The Labute approximate surface area is 257 Å². The molecular formula is C36H26N4O5. The zero-order valence-corrected chi connectivity index (χ0v) is 23.9. The second-order valence-corrected chi connectivity index (χ2v) is 10.4. The van der Waals surface area contributed by atoms with E-state index in [0.717, 1.165) is 22.3 Å². The van der Waals surface area contributed by atoms with Crippen LogP contribution in [0.1, 0.15) is 33.9 Å². The van der Waals surface area contributed by atoms with E-state index in [4.69, 9.17) is 24.0 Å². The van der Waals surface area contributed by atoms with Gasteiger partial charge in [-0.15, -0.1) is 0 Å². The van der Waals surface area contributed by atoms with Gasteiger partial charge in [0.1, 0.15) is 47.4 Å². The number of nitriles is 1. The molecule has 0 fully saturated rings. The molecule has 9 heteroatoms. The Morgan fingerprint density at radius 2 is 1.40 bits per heavy atom. The van der Waals surface area contributed by atoms with Crippen LogP contribution in [0.25, 0.3) is 17.5 Å². The zero-order valence-electron chi connectivity index (χ0n) is 23.9. The van der Waals surface area contributed by atoms with Crippen molar-refractivity contribution in [2.24, 2.45) is 0 Å². The van der Waals surface area contributed by atoms with Crippen LogP contribution >= 0.6 is 0 Å². The lowest BCUT2D eigenvalue weighted by atomic mass is 9.87. The molecule has 2 aromatic heterocycles. The fourth-order valence-electron chi connectivity index (χ4n) is 5.33. The Balaban J connectivity index is 1.23. The van der Waals surface area contributed by atoms with Gasteiger partial charge in [-0.1, -0.05) is 84.9 Å². The van der Waals surface area contributed by atoms with Gasteiger partial charge in [0.05, 0.1) is 5.92 Å². The monoisotopic (exact) mass is 594 g/mol. The molecule has 3 heterocycles. The lowest BCUT2D eigenvalue weighted by Gasteiger charge is -2.19. The van der Waals surface area contributed by atoms with Gasteiger partial charge in [0.25, 0.3) is 6.01 Å². The third-order valence-electron chi connectivity index (χ3n) is 7.50. The van der Waals surface area contributed by atoms with Crippen molar-refractivity contribution in [3.8, 4) is 23.5 Å². The minimum atomic E-state index is -0.673. The van der Waals surface area contributed by atoms with Gasteiger partial charge >= 0.3 is 5.63 Å². The number of oxazole rings is 2. The minimum Gasteiger partial charge on any atom is -0.489 e. The van der Waals surface area contributed by atoms with Crippen molar-refractivity contribution in [3.05, 3.63) is 158 Å². The second-order valence-electron chi connectivity index (χ2n) is 10.4. The maximum atomic E-state index is 13.2. The first-order chi connectivity index (χ1) is 22.1. The van der Waals surface area contributed by atoms with Crippen LogP contribution in [0.3, 0.4) is 0 Å². The van der Waals surface area contributed by atoms with E-state index in [1.165, 1.54) is 4.57 Å². The van der Waals surface area contributed by atoms with E-state index in [1.807, 2.05) is 109 Å². The van der Waals surface area contributed by atoms with E-state index >= 15 is 0 Å². The van der Waals surface area contributed by atoms with Crippen molar-refractivity contribution < 1.29 is 18.3 Å². The number of benzene rings is 4. The molecule has 9 nitrogen and oxygen atoms in total. The predicted octanol–water partition coefficient (Wildman–Crippen LogP) is 4.81. The van der Waals surface area contributed by atoms with Crippen molar-refractivity contribution in [1.82, 2.24) is 9.55 Å². The quantitative estimate of drug-likeness (QED) is 0.266. The van der Waals surface area contributed by atoms with Gasteiger partial charge in [-0.25, -0.2) is 9.36 Å². The summed E-state index contributed by atoms with van der Waals surface area (Å²) in [7, 11) is 0. The number of fused-ring (bicyclic) bond motifs is 3. The molecule has 0 amide bonds. The van der Waals surface area contributed by atoms with Gasteiger partial charge < -0.3 is 24.0 Å². The van der Waals surface area contributed by atoms with Gasteiger partial charge in [-0.2, -0.15) is 10.2 Å². The predicted molar refractivity (Wildman–Crippen MR) is 167 cm³/mol. The van der Waals surface area contributed by atoms with Gasteiger partial charge in [0.15, 0.2) is 0 Å². The largest absolute Gasteiger partial charge is 0.489 e. The highest BCUT2D eigenvalue weighted by Gasteiger charge is 2.36. The number of aromatic nitrogens is 2. The molecule has 220 valence electrons. The van der Waals surface area contributed by atoms with Crippen LogP contribution in [0.2, 0.25) is 0 Å². The third kappa shape index (κ3) is 5.48. The van der Waals surface area contributed by atoms with E-state index in [1.54, 1.807) is 6.08 Å². The van der Waals surface area contributed by atoms with E-state index in [0.29, 0.717) is 30.4 Å². The standard InChI is InChI=1S/C36H26N4O5/c37-20-29-31(26-13-17-28(18-14-26)43-22-25-9-5-2-6-10-25)32-34(45-36(38)39-32)40-30(35(41)44-33(29)40)19-23-11-15-27(16-12-23)42-21-24-7-3-1-4-8-24/h1-19,31H,21-22H2,(H2,38,39)/b30-19+. The Morgan fingerprint density at radius 3 is 1.98 bits per heavy atom. The normalized spacial score (nSPS) is 14.0.